The zero-order chi connectivity index (χ0) is 18.1. The van der Waals surface area contributed by atoms with E-state index >= 15 is 0 Å². The first-order chi connectivity index (χ1) is 12.6. The van der Waals surface area contributed by atoms with Gasteiger partial charge in [-0.15, -0.1) is 0 Å². The molecule has 0 amide bonds. The summed E-state index contributed by atoms with van der Waals surface area (Å²) < 4.78 is 15.2. The Morgan fingerprint density at radius 3 is 2.58 bits per heavy atom. The molecule has 0 fully saturated rings. The SMILES string of the molecule is Fc1ccc(-c2nc3ccc(Cl)cn3c2CNc2nccc(Cl)n2)cc1. The number of nitrogens with zero attached hydrogens (tertiary/aromatic N) is 4. The first-order valence-electron chi connectivity index (χ1n) is 7.75. The molecule has 0 atom stereocenters. The van der Waals surface area contributed by atoms with Gasteiger partial charge in [-0.2, -0.15) is 0 Å². The molecule has 26 heavy (non-hydrogen) atoms. The van der Waals surface area contributed by atoms with Crippen LogP contribution in [0.1, 0.15) is 5.69 Å². The van der Waals surface area contributed by atoms with Gasteiger partial charge in [-0.25, -0.2) is 19.3 Å². The molecule has 4 aromatic rings. The first-order valence-corrected chi connectivity index (χ1v) is 8.50. The Morgan fingerprint density at radius 2 is 1.81 bits per heavy atom. The van der Waals surface area contributed by atoms with Crippen molar-refractivity contribution in [2.24, 2.45) is 0 Å². The molecule has 0 aliphatic heterocycles. The minimum atomic E-state index is -0.299. The average Bonchev–Trinajstić information content (AvgIpc) is 2.98. The minimum absolute atomic E-state index is 0.299. The minimum Gasteiger partial charge on any atom is -0.349 e. The summed E-state index contributed by atoms with van der Waals surface area (Å²) >= 11 is 12.0. The molecule has 130 valence electrons. The van der Waals surface area contributed by atoms with E-state index in [-0.39, 0.29) is 5.82 Å². The van der Waals surface area contributed by atoms with E-state index in [9.17, 15) is 4.39 Å². The maximum Gasteiger partial charge on any atom is 0.224 e. The number of rotatable bonds is 4. The highest BCUT2D eigenvalue weighted by molar-refractivity contribution is 6.30. The van der Waals surface area contributed by atoms with Crippen LogP contribution >= 0.6 is 23.2 Å². The van der Waals surface area contributed by atoms with Crippen LogP contribution in [-0.2, 0) is 6.54 Å². The van der Waals surface area contributed by atoms with Crippen molar-refractivity contribution in [3.8, 4) is 11.3 Å². The molecule has 0 saturated heterocycles. The van der Waals surface area contributed by atoms with E-state index in [0.717, 1.165) is 22.6 Å². The maximum absolute atomic E-state index is 13.3. The van der Waals surface area contributed by atoms with Crippen LogP contribution < -0.4 is 5.32 Å². The zero-order valence-electron chi connectivity index (χ0n) is 13.3. The number of anilines is 1. The summed E-state index contributed by atoms with van der Waals surface area (Å²) in [5.41, 5.74) is 3.10. The highest BCUT2D eigenvalue weighted by atomic mass is 35.5. The van der Waals surface area contributed by atoms with Gasteiger partial charge < -0.3 is 9.72 Å². The third kappa shape index (κ3) is 3.34. The largest absolute Gasteiger partial charge is 0.349 e. The van der Waals surface area contributed by atoms with Gasteiger partial charge in [0.25, 0.3) is 0 Å². The Kier molecular flexibility index (Phi) is 4.44. The summed E-state index contributed by atoms with van der Waals surface area (Å²) in [6.07, 6.45) is 3.36. The Balaban J connectivity index is 1.78. The van der Waals surface area contributed by atoms with E-state index in [0.29, 0.717) is 22.7 Å². The molecule has 0 unspecified atom stereocenters. The Labute approximate surface area is 158 Å². The van der Waals surface area contributed by atoms with E-state index in [1.807, 2.05) is 10.5 Å². The van der Waals surface area contributed by atoms with Crippen molar-refractivity contribution < 1.29 is 4.39 Å². The van der Waals surface area contributed by atoms with Crippen molar-refractivity contribution in [1.82, 2.24) is 19.4 Å². The molecule has 3 heterocycles. The van der Waals surface area contributed by atoms with Gasteiger partial charge in [0.05, 0.1) is 23.0 Å². The molecule has 0 bridgehead atoms. The van der Waals surface area contributed by atoms with E-state index in [2.05, 4.69) is 20.3 Å². The lowest BCUT2D eigenvalue weighted by atomic mass is 10.1. The normalized spacial score (nSPS) is 11.0. The average molecular weight is 388 g/mol. The number of pyridine rings is 1. The third-order valence-electron chi connectivity index (χ3n) is 3.83. The van der Waals surface area contributed by atoms with E-state index in [1.165, 1.54) is 12.1 Å². The number of nitrogens with one attached hydrogen (secondary N) is 1. The Bertz CT molecular complexity index is 1080. The molecule has 5 nitrogen and oxygen atoms in total. The highest BCUT2D eigenvalue weighted by Crippen LogP contribution is 2.26. The van der Waals surface area contributed by atoms with Gasteiger partial charge in [0.15, 0.2) is 0 Å². The predicted octanol–water partition coefficient (Wildman–Crippen LogP) is 4.85. The second-order valence-corrected chi connectivity index (χ2v) is 6.37. The summed E-state index contributed by atoms with van der Waals surface area (Å²) in [6.45, 7) is 0.383. The van der Waals surface area contributed by atoms with Crippen LogP contribution in [0.25, 0.3) is 16.9 Å². The van der Waals surface area contributed by atoms with E-state index < -0.39 is 0 Å². The number of fused-ring (bicyclic) bond motifs is 1. The summed E-state index contributed by atoms with van der Waals surface area (Å²) in [6, 6.07) is 11.4. The van der Waals surface area contributed by atoms with Crippen molar-refractivity contribution in [3.05, 3.63) is 76.5 Å². The van der Waals surface area contributed by atoms with Crippen molar-refractivity contribution in [3.63, 3.8) is 0 Å². The van der Waals surface area contributed by atoms with Crippen LogP contribution in [0, 0.1) is 5.82 Å². The number of halogens is 3. The second kappa shape index (κ2) is 6.90. The fourth-order valence-electron chi connectivity index (χ4n) is 2.66. The molecular weight excluding hydrogens is 376 g/mol. The lowest BCUT2D eigenvalue weighted by Crippen LogP contribution is -2.07. The molecular formula is C18H12Cl2FN5. The molecule has 0 saturated carbocycles. The first kappa shape index (κ1) is 16.8. The van der Waals surface area contributed by atoms with Crippen molar-refractivity contribution in [2.75, 3.05) is 5.32 Å². The fourth-order valence-corrected chi connectivity index (χ4v) is 2.96. The molecule has 0 aliphatic carbocycles. The molecule has 0 radical (unpaired) electrons. The second-order valence-electron chi connectivity index (χ2n) is 5.55. The number of benzene rings is 1. The van der Waals surface area contributed by atoms with Crippen LogP contribution in [0.15, 0.2) is 54.9 Å². The summed E-state index contributed by atoms with van der Waals surface area (Å²) in [5, 5.41) is 4.07. The molecule has 1 aromatic carbocycles. The van der Waals surface area contributed by atoms with Crippen LogP contribution in [-0.4, -0.2) is 19.4 Å². The smallest absolute Gasteiger partial charge is 0.224 e. The van der Waals surface area contributed by atoms with Crippen LogP contribution in [0.3, 0.4) is 0 Å². The fraction of sp³-hybridized carbons (Fsp3) is 0.0556. The van der Waals surface area contributed by atoms with Gasteiger partial charge >= 0.3 is 0 Å². The lowest BCUT2D eigenvalue weighted by Gasteiger charge is -2.08. The quantitative estimate of drug-likeness (QED) is 0.508. The summed E-state index contributed by atoms with van der Waals surface area (Å²) in [5.74, 6) is 0.104. The van der Waals surface area contributed by atoms with Crippen LogP contribution in [0.4, 0.5) is 10.3 Å². The van der Waals surface area contributed by atoms with Crippen LogP contribution in [0.5, 0.6) is 0 Å². The van der Waals surface area contributed by atoms with Crippen molar-refractivity contribution >= 4 is 34.8 Å². The lowest BCUT2D eigenvalue weighted by molar-refractivity contribution is 0.628. The summed E-state index contributed by atoms with van der Waals surface area (Å²) in [4.78, 5) is 12.9. The van der Waals surface area contributed by atoms with Gasteiger partial charge in [-0.05, 0) is 42.5 Å². The standard InChI is InChI=1S/C18H12Cl2FN5/c19-12-3-6-16-25-17(11-1-4-13(21)5-2-11)14(26(16)10-12)9-23-18-22-8-7-15(20)24-18/h1-8,10H,9H2,(H,22,23,24). The van der Waals surface area contributed by atoms with Gasteiger partial charge in [0.1, 0.15) is 16.6 Å². The third-order valence-corrected chi connectivity index (χ3v) is 4.27. The number of imidazole rings is 1. The highest BCUT2D eigenvalue weighted by Gasteiger charge is 2.15. The van der Waals surface area contributed by atoms with Gasteiger partial charge in [0.2, 0.25) is 5.95 Å². The van der Waals surface area contributed by atoms with E-state index in [1.54, 1.807) is 36.7 Å². The molecule has 8 heteroatoms. The molecule has 4 rings (SSSR count). The topological polar surface area (TPSA) is 55.1 Å². The number of hydrogen-bond donors (Lipinski definition) is 1. The van der Waals surface area contributed by atoms with Crippen LogP contribution in [0.2, 0.25) is 10.2 Å². The summed E-state index contributed by atoms with van der Waals surface area (Å²) in [7, 11) is 0. The molecule has 3 aromatic heterocycles. The Hall–Kier alpha value is -2.70. The Morgan fingerprint density at radius 1 is 1.00 bits per heavy atom. The van der Waals surface area contributed by atoms with Gasteiger partial charge in [0, 0.05) is 18.0 Å². The van der Waals surface area contributed by atoms with Crippen molar-refractivity contribution in [1.29, 1.82) is 0 Å². The maximum atomic E-state index is 13.3. The van der Waals surface area contributed by atoms with Gasteiger partial charge in [-0.3, -0.25) is 0 Å². The van der Waals surface area contributed by atoms with Gasteiger partial charge in [-0.1, -0.05) is 23.2 Å². The zero-order valence-corrected chi connectivity index (χ0v) is 14.8. The monoisotopic (exact) mass is 387 g/mol. The predicted molar refractivity (Wildman–Crippen MR) is 100.0 cm³/mol. The molecule has 1 N–H and O–H groups in total. The number of hydrogen-bond acceptors (Lipinski definition) is 4. The number of aromatic nitrogens is 4. The molecule has 0 aliphatic rings. The molecule has 0 spiro atoms. The van der Waals surface area contributed by atoms with E-state index in [4.69, 9.17) is 23.2 Å². The van der Waals surface area contributed by atoms with Crippen molar-refractivity contribution in [2.45, 2.75) is 6.54 Å².